The zero-order valence-electron chi connectivity index (χ0n) is 9.25. The van der Waals surface area contributed by atoms with Crippen molar-refractivity contribution < 1.29 is 4.79 Å². The topological polar surface area (TPSA) is 111 Å². The van der Waals surface area contributed by atoms with Crippen LogP contribution in [0.4, 0.5) is 11.8 Å². The highest BCUT2D eigenvalue weighted by molar-refractivity contribution is 6.01. The molecule has 0 fully saturated rings. The molecule has 0 aliphatic heterocycles. The molecule has 0 saturated heterocycles. The van der Waals surface area contributed by atoms with E-state index in [0.29, 0.717) is 5.82 Å². The van der Waals surface area contributed by atoms with Crippen molar-refractivity contribution in [1.82, 2.24) is 30.2 Å². The van der Waals surface area contributed by atoms with E-state index in [9.17, 15) is 4.79 Å². The van der Waals surface area contributed by atoms with E-state index in [1.54, 1.807) is 14.1 Å². The maximum Gasteiger partial charge on any atom is 0.278 e. The van der Waals surface area contributed by atoms with Gasteiger partial charge in [0.2, 0.25) is 0 Å². The first-order valence-corrected chi connectivity index (χ1v) is 4.74. The van der Waals surface area contributed by atoms with Gasteiger partial charge >= 0.3 is 0 Å². The van der Waals surface area contributed by atoms with Gasteiger partial charge in [-0.1, -0.05) is 5.10 Å². The zero-order valence-corrected chi connectivity index (χ0v) is 9.25. The third kappa shape index (κ3) is 2.51. The second-order valence-corrected chi connectivity index (χ2v) is 3.10. The highest BCUT2D eigenvalue weighted by atomic mass is 16.2. The highest BCUT2D eigenvalue weighted by Crippen LogP contribution is 2.03. The number of amides is 1. The predicted octanol–water partition coefficient (Wildman–Crippen LogP) is -0.706. The number of anilines is 2. The molecule has 0 radical (unpaired) electrons. The molecule has 0 aliphatic carbocycles. The lowest BCUT2D eigenvalue weighted by Crippen LogP contribution is -2.15. The molecule has 0 saturated carbocycles. The average molecular weight is 234 g/mol. The standard InChI is InChI=1S/C8H10N8O/c1-9-6-4-10-3-5(11-6)7(17)12-8-13-15-16(2)14-8/h3-4H,1-2H3,(H,9,11)(H,12,14,17). The van der Waals surface area contributed by atoms with Crippen LogP contribution >= 0.6 is 0 Å². The number of hydrogen-bond donors (Lipinski definition) is 2. The fourth-order valence-electron chi connectivity index (χ4n) is 1.10. The number of nitrogens with zero attached hydrogens (tertiary/aromatic N) is 6. The second kappa shape index (κ2) is 4.51. The number of aryl methyl sites for hydroxylation is 1. The Kier molecular flexibility index (Phi) is 2.90. The molecule has 0 bridgehead atoms. The molecule has 9 nitrogen and oxygen atoms in total. The minimum atomic E-state index is -0.442. The quantitative estimate of drug-likeness (QED) is 0.721. The molecule has 17 heavy (non-hydrogen) atoms. The Morgan fingerprint density at radius 1 is 1.41 bits per heavy atom. The molecule has 0 unspecified atom stereocenters. The van der Waals surface area contributed by atoms with E-state index >= 15 is 0 Å². The summed E-state index contributed by atoms with van der Waals surface area (Å²) in [6.45, 7) is 0. The number of carbonyl (C=O) groups is 1. The number of tetrazole rings is 1. The van der Waals surface area contributed by atoms with Crippen molar-refractivity contribution in [3.05, 3.63) is 18.1 Å². The van der Waals surface area contributed by atoms with E-state index < -0.39 is 5.91 Å². The van der Waals surface area contributed by atoms with Crippen LogP contribution in [-0.2, 0) is 7.05 Å². The molecule has 2 aromatic heterocycles. The van der Waals surface area contributed by atoms with E-state index in [1.165, 1.54) is 17.2 Å². The van der Waals surface area contributed by atoms with Gasteiger partial charge in [0.05, 0.1) is 19.4 Å². The van der Waals surface area contributed by atoms with Crippen molar-refractivity contribution >= 4 is 17.7 Å². The lowest BCUT2D eigenvalue weighted by molar-refractivity contribution is 0.102. The summed E-state index contributed by atoms with van der Waals surface area (Å²) in [6, 6.07) is 0. The number of hydrogen-bond acceptors (Lipinski definition) is 7. The van der Waals surface area contributed by atoms with Crippen molar-refractivity contribution in [2.45, 2.75) is 0 Å². The van der Waals surface area contributed by atoms with Crippen LogP contribution in [0.5, 0.6) is 0 Å². The number of nitrogens with one attached hydrogen (secondary N) is 2. The monoisotopic (exact) mass is 234 g/mol. The summed E-state index contributed by atoms with van der Waals surface area (Å²) in [5, 5.41) is 16.3. The molecule has 0 atom stereocenters. The Balaban J connectivity index is 2.14. The van der Waals surface area contributed by atoms with Gasteiger partial charge in [0.1, 0.15) is 11.5 Å². The Bertz CT molecular complexity index is 536. The maximum atomic E-state index is 11.7. The van der Waals surface area contributed by atoms with Crippen molar-refractivity contribution in [2.75, 3.05) is 17.7 Å². The van der Waals surface area contributed by atoms with Gasteiger partial charge in [-0.15, -0.1) is 5.10 Å². The Hall–Kier alpha value is -2.58. The third-order valence-corrected chi connectivity index (χ3v) is 1.86. The average Bonchev–Trinajstić information content (AvgIpc) is 2.75. The van der Waals surface area contributed by atoms with Crippen molar-refractivity contribution in [3.8, 4) is 0 Å². The van der Waals surface area contributed by atoms with Gasteiger partial charge in [-0.25, -0.2) is 4.98 Å². The molecule has 1 amide bonds. The summed E-state index contributed by atoms with van der Waals surface area (Å²) in [7, 11) is 3.29. The summed E-state index contributed by atoms with van der Waals surface area (Å²) < 4.78 is 0. The van der Waals surface area contributed by atoms with Crippen LogP contribution in [0.25, 0.3) is 0 Å². The summed E-state index contributed by atoms with van der Waals surface area (Å²) in [4.78, 5) is 20.9. The number of carbonyl (C=O) groups excluding carboxylic acids is 1. The lowest BCUT2D eigenvalue weighted by Gasteiger charge is -2.01. The van der Waals surface area contributed by atoms with E-state index in [-0.39, 0.29) is 11.6 Å². The first kappa shape index (κ1) is 10.9. The van der Waals surface area contributed by atoms with Gasteiger partial charge in [-0.05, 0) is 5.21 Å². The van der Waals surface area contributed by atoms with E-state index in [0.717, 1.165) is 0 Å². The maximum absolute atomic E-state index is 11.7. The molecule has 9 heteroatoms. The van der Waals surface area contributed by atoms with Crippen LogP contribution < -0.4 is 10.6 Å². The Labute approximate surface area is 96.3 Å². The Morgan fingerprint density at radius 2 is 2.24 bits per heavy atom. The highest BCUT2D eigenvalue weighted by Gasteiger charge is 2.11. The fourth-order valence-corrected chi connectivity index (χ4v) is 1.10. The van der Waals surface area contributed by atoms with Crippen LogP contribution in [0.2, 0.25) is 0 Å². The number of aromatic nitrogens is 6. The molecule has 0 aromatic carbocycles. The molecule has 2 N–H and O–H groups in total. The van der Waals surface area contributed by atoms with Gasteiger partial charge in [0.25, 0.3) is 11.9 Å². The summed E-state index contributed by atoms with van der Waals surface area (Å²) in [6.07, 6.45) is 2.86. The molecule has 2 rings (SSSR count). The molecular formula is C8H10N8O. The molecular weight excluding hydrogens is 224 g/mol. The third-order valence-electron chi connectivity index (χ3n) is 1.86. The minimum Gasteiger partial charge on any atom is -0.372 e. The largest absolute Gasteiger partial charge is 0.372 e. The predicted molar refractivity (Wildman–Crippen MR) is 58.3 cm³/mol. The lowest BCUT2D eigenvalue weighted by atomic mass is 10.4. The first-order chi connectivity index (χ1) is 8.19. The zero-order chi connectivity index (χ0) is 12.3. The van der Waals surface area contributed by atoms with Crippen LogP contribution in [0.15, 0.2) is 12.4 Å². The van der Waals surface area contributed by atoms with E-state index in [4.69, 9.17) is 0 Å². The molecule has 88 valence electrons. The van der Waals surface area contributed by atoms with Crippen LogP contribution in [-0.4, -0.2) is 43.1 Å². The molecule has 2 aromatic rings. The van der Waals surface area contributed by atoms with Crippen molar-refractivity contribution in [2.24, 2.45) is 7.05 Å². The second-order valence-electron chi connectivity index (χ2n) is 3.10. The molecule has 0 spiro atoms. The van der Waals surface area contributed by atoms with E-state index in [1.807, 2.05) is 0 Å². The smallest absolute Gasteiger partial charge is 0.278 e. The molecule has 2 heterocycles. The first-order valence-electron chi connectivity index (χ1n) is 4.74. The van der Waals surface area contributed by atoms with Crippen LogP contribution in [0.3, 0.4) is 0 Å². The molecule has 0 aliphatic rings. The minimum absolute atomic E-state index is 0.120. The fraction of sp³-hybridized carbons (Fsp3) is 0.250. The summed E-state index contributed by atoms with van der Waals surface area (Å²) in [5.41, 5.74) is 0.171. The van der Waals surface area contributed by atoms with Gasteiger partial charge in [-0.3, -0.25) is 15.1 Å². The van der Waals surface area contributed by atoms with Gasteiger partial charge in [-0.2, -0.15) is 4.80 Å². The van der Waals surface area contributed by atoms with Crippen molar-refractivity contribution in [1.29, 1.82) is 0 Å². The Morgan fingerprint density at radius 3 is 2.88 bits per heavy atom. The van der Waals surface area contributed by atoms with Crippen molar-refractivity contribution in [3.63, 3.8) is 0 Å². The van der Waals surface area contributed by atoms with Crippen LogP contribution in [0.1, 0.15) is 10.5 Å². The van der Waals surface area contributed by atoms with Gasteiger partial charge < -0.3 is 5.32 Å². The normalized spacial score (nSPS) is 10.0. The summed E-state index contributed by atoms with van der Waals surface area (Å²) >= 11 is 0. The van der Waals surface area contributed by atoms with Crippen LogP contribution in [0, 0.1) is 0 Å². The van der Waals surface area contributed by atoms with E-state index in [2.05, 4.69) is 36.0 Å². The van der Waals surface area contributed by atoms with Gasteiger partial charge in [0, 0.05) is 7.05 Å². The SMILES string of the molecule is CNc1cncc(C(=O)Nc2nnn(C)n2)n1. The van der Waals surface area contributed by atoms with Gasteiger partial charge in [0.15, 0.2) is 0 Å². The summed E-state index contributed by atoms with van der Waals surface area (Å²) in [5.74, 6) is 0.182. The number of rotatable bonds is 3.